The van der Waals surface area contributed by atoms with Crippen LogP contribution in [0, 0.1) is 0 Å². The van der Waals surface area contributed by atoms with E-state index in [9.17, 15) is 4.79 Å². The van der Waals surface area contributed by atoms with E-state index in [1.165, 1.54) is 4.68 Å². The Bertz CT molecular complexity index is 577. The van der Waals surface area contributed by atoms with Crippen molar-refractivity contribution in [2.24, 2.45) is 0 Å². The highest BCUT2D eigenvalue weighted by molar-refractivity contribution is 5.76. The maximum atomic E-state index is 12.2. The van der Waals surface area contributed by atoms with Gasteiger partial charge in [-0.2, -0.15) is 0 Å². The molecule has 2 aromatic rings. The van der Waals surface area contributed by atoms with E-state index in [4.69, 9.17) is 0 Å². The fraction of sp³-hybridized carbons (Fsp3) is 0.417. The number of aromatic nitrogens is 5. The molecule has 1 saturated heterocycles. The van der Waals surface area contributed by atoms with E-state index in [2.05, 4.69) is 25.8 Å². The number of nitrogens with zero attached hydrogens (tertiary/aromatic N) is 6. The molecule has 3 heterocycles. The van der Waals surface area contributed by atoms with E-state index in [0.29, 0.717) is 11.5 Å². The van der Waals surface area contributed by atoms with E-state index in [0.717, 1.165) is 26.2 Å². The number of carbonyl (C=O) groups excluding carboxylic acids is 1. The third-order valence-electron chi connectivity index (χ3n) is 3.18. The number of hydrogen-bond donors (Lipinski definition) is 1. The molecule has 2 aromatic heterocycles. The number of carbonyl (C=O) groups is 1. The molecule has 0 aliphatic carbocycles. The largest absolute Gasteiger partial charge is 0.339 e. The van der Waals surface area contributed by atoms with E-state index in [1.807, 2.05) is 23.1 Å². The van der Waals surface area contributed by atoms with Gasteiger partial charge >= 0.3 is 0 Å². The van der Waals surface area contributed by atoms with Crippen molar-refractivity contribution in [1.29, 1.82) is 0 Å². The van der Waals surface area contributed by atoms with Gasteiger partial charge in [0.25, 0.3) is 0 Å². The standard InChI is InChI=1S/C12H15N7O/c20-11(18-7-5-13-6-8-18)9-19-12(15-16-17-19)10-3-1-2-4-14-10/h1-4,13H,5-9H2. The quantitative estimate of drug-likeness (QED) is 0.785. The molecule has 0 bridgehead atoms. The number of piperazine rings is 1. The molecule has 20 heavy (non-hydrogen) atoms. The van der Waals surface area contributed by atoms with Gasteiger partial charge in [0.2, 0.25) is 11.7 Å². The van der Waals surface area contributed by atoms with Gasteiger partial charge in [-0.05, 0) is 22.6 Å². The average Bonchev–Trinajstić information content (AvgIpc) is 2.97. The Balaban J connectivity index is 1.75. The molecule has 8 heteroatoms. The summed E-state index contributed by atoms with van der Waals surface area (Å²) in [5, 5.41) is 14.7. The lowest BCUT2D eigenvalue weighted by Gasteiger charge is -2.27. The Labute approximate surface area is 115 Å². The highest BCUT2D eigenvalue weighted by Crippen LogP contribution is 2.11. The van der Waals surface area contributed by atoms with E-state index in [-0.39, 0.29) is 12.5 Å². The number of nitrogens with one attached hydrogen (secondary N) is 1. The third-order valence-corrected chi connectivity index (χ3v) is 3.18. The smallest absolute Gasteiger partial charge is 0.244 e. The van der Waals surface area contributed by atoms with E-state index < -0.39 is 0 Å². The summed E-state index contributed by atoms with van der Waals surface area (Å²) >= 11 is 0. The lowest BCUT2D eigenvalue weighted by molar-refractivity contribution is -0.132. The van der Waals surface area contributed by atoms with E-state index >= 15 is 0 Å². The van der Waals surface area contributed by atoms with Crippen molar-refractivity contribution in [3.63, 3.8) is 0 Å². The van der Waals surface area contributed by atoms with Crippen molar-refractivity contribution < 1.29 is 4.79 Å². The van der Waals surface area contributed by atoms with Gasteiger partial charge < -0.3 is 10.2 Å². The Kier molecular flexibility index (Phi) is 3.64. The first-order valence-corrected chi connectivity index (χ1v) is 6.50. The number of amides is 1. The second-order valence-corrected chi connectivity index (χ2v) is 4.51. The molecule has 3 rings (SSSR count). The first-order chi connectivity index (χ1) is 9.84. The average molecular weight is 273 g/mol. The van der Waals surface area contributed by atoms with Crippen LogP contribution in [0.4, 0.5) is 0 Å². The summed E-state index contributed by atoms with van der Waals surface area (Å²) < 4.78 is 1.49. The summed E-state index contributed by atoms with van der Waals surface area (Å²) in [5.41, 5.74) is 0.658. The second kappa shape index (κ2) is 5.74. The molecule has 1 N–H and O–H groups in total. The fourth-order valence-electron chi connectivity index (χ4n) is 2.13. The van der Waals surface area contributed by atoms with Gasteiger partial charge in [-0.25, -0.2) is 4.68 Å². The van der Waals surface area contributed by atoms with Crippen LogP contribution < -0.4 is 5.32 Å². The van der Waals surface area contributed by atoms with Crippen LogP contribution in [0.25, 0.3) is 11.5 Å². The molecular formula is C12H15N7O. The summed E-state index contributed by atoms with van der Waals surface area (Å²) in [5.74, 6) is 0.532. The summed E-state index contributed by atoms with van der Waals surface area (Å²) in [6.45, 7) is 3.24. The maximum Gasteiger partial charge on any atom is 0.244 e. The highest BCUT2D eigenvalue weighted by Gasteiger charge is 2.19. The van der Waals surface area contributed by atoms with Crippen LogP contribution >= 0.6 is 0 Å². The summed E-state index contributed by atoms with van der Waals surface area (Å²) in [6.07, 6.45) is 1.67. The SMILES string of the molecule is O=C(Cn1nnnc1-c1ccccn1)N1CCNCC1. The number of rotatable bonds is 3. The molecule has 0 atom stereocenters. The predicted octanol–water partition coefficient (Wildman–Crippen LogP) is -0.833. The number of tetrazole rings is 1. The Morgan fingerprint density at radius 1 is 1.30 bits per heavy atom. The monoisotopic (exact) mass is 273 g/mol. The lowest BCUT2D eigenvalue weighted by Crippen LogP contribution is -2.47. The van der Waals surface area contributed by atoms with Crippen LogP contribution in [0.5, 0.6) is 0 Å². The van der Waals surface area contributed by atoms with Gasteiger partial charge in [-0.15, -0.1) is 5.10 Å². The van der Waals surface area contributed by atoms with Crippen molar-refractivity contribution in [3.05, 3.63) is 24.4 Å². The van der Waals surface area contributed by atoms with Gasteiger partial charge in [-0.3, -0.25) is 9.78 Å². The molecule has 1 amide bonds. The molecule has 0 unspecified atom stereocenters. The maximum absolute atomic E-state index is 12.2. The fourth-order valence-corrected chi connectivity index (χ4v) is 2.13. The molecule has 0 aromatic carbocycles. The van der Waals surface area contributed by atoms with Crippen molar-refractivity contribution in [2.75, 3.05) is 26.2 Å². The molecule has 0 radical (unpaired) electrons. The molecule has 0 spiro atoms. The molecule has 1 aliphatic heterocycles. The summed E-state index contributed by atoms with van der Waals surface area (Å²) in [6, 6.07) is 5.50. The number of hydrogen-bond acceptors (Lipinski definition) is 6. The second-order valence-electron chi connectivity index (χ2n) is 4.51. The van der Waals surface area contributed by atoms with E-state index in [1.54, 1.807) is 6.20 Å². The molecule has 8 nitrogen and oxygen atoms in total. The van der Waals surface area contributed by atoms with Crippen LogP contribution in [-0.2, 0) is 11.3 Å². The third kappa shape index (κ3) is 2.64. The Hall–Kier alpha value is -2.35. The topological polar surface area (TPSA) is 88.8 Å². The van der Waals surface area contributed by atoms with Gasteiger partial charge in [0.05, 0.1) is 0 Å². The van der Waals surface area contributed by atoms with Crippen molar-refractivity contribution in [3.8, 4) is 11.5 Å². The van der Waals surface area contributed by atoms with Crippen LogP contribution in [0.3, 0.4) is 0 Å². The van der Waals surface area contributed by atoms with Gasteiger partial charge in [0, 0.05) is 32.4 Å². The van der Waals surface area contributed by atoms with Crippen LogP contribution in [0.2, 0.25) is 0 Å². The van der Waals surface area contributed by atoms with Gasteiger partial charge in [0.15, 0.2) is 0 Å². The number of pyridine rings is 1. The first-order valence-electron chi connectivity index (χ1n) is 6.50. The molecule has 1 fully saturated rings. The Morgan fingerprint density at radius 3 is 2.90 bits per heavy atom. The minimum Gasteiger partial charge on any atom is -0.339 e. The zero-order valence-electron chi connectivity index (χ0n) is 10.9. The molecular weight excluding hydrogens is 258 g/mol. The van der Waals surface area contributed by atoms with Crippen LogP contribution in [-0.4, -0.2) is 62.2 Å². The molecule has 1 aliphatic rings. The zero-order chi connectivity index (χ0) is 13.8. The normalized spacial score (nSPS) is 15.3. The highest BCUT2D eigenvalue weighted by atomic mass is 16.2. The first kappa shape index (κ1) is 12.7. The lowest BCUT2D eigenvalue weighted by atomic mass is 10.3. The summed E-state index contributed by atoms with van der Waals surface area (Å²) in [4.78, 5) is 18.2. The predicted molar refractivity (Wildman–Crippen MR) is 70.5 cm³/mol. The van der Waals surface area contributed by atoms with Crippen LogP contribution in [0.15, 0.2) is 24.4 Å². The minimum atomic E-state index is 0.0241. The van der Waals surface area contributed by atoms with Crippen LogP contribution in [0.1, 0.15) is 0 Å². The van der Waals surface area contributed by atoms with Gasteiger partial charge in [0.1, 0.15) is 12.2 Å². The minimum absolute atomic E-state index is 0.0241. The van der Waals surface area contributed by atoms with Crippen molar-refractivity contribution in [1.82, 2.24) is 35.4 Å². The zero-order valence-corrected chi connectivity index (χ0v) is 10.9. The van der Waals surface area contributed by atoms with Crippen molar-refractivity contribution in [2.45, 2.75) is 6.54 Å². The molecule has 104 valence electrons. The molecule has 0 saturated carbocycles. The van der Waals surface area contributed by atoms with Crippen molar-refractivity contribution >= 4 is 5.91 Å². The Morgan fingerprint density at radius 2 is 2.15 bits per heavy atom. The summed E-state index contributed by atoms with van der Waals surface area (Å²) in [7, 11) is 0. The van der Waals surface area contributed by atoms with Gasteiger partial charge in [-0.1, -0.05) is 6.07 Å².